The first-order chi connectivity index (χ1) is 37.9. The van der Waals surface area contributed by atoms with Crippen molar-refractivity contribution >= 4 is 65.0 Å². The summed E-state index contributed by atoms with van der Waals surface area (Å²) in [6.45, 7) is 25.0. The van der Waals surface area contributed by atoms with E-state index in [-0.39, 0.29) is 43.4 Å². The lowest BCUT2D eigenvalue weighted by atomic mass is 9.91. The minimum Gasteiger partial charge on any atom is -0.390 e. The Kier molecular flexibility index (Phi) is 30.5. The second-order valence-electron chi connectivity index (χ2n) is 24.6. The van der Waals surface area contributed by atoms with Crippen LogP contribution in [0.5, 0.6) is 0 Å². The number of hydrogen-bond donors (Lipinski definition) is 5. The number of nitrogens with zero attached hydrogens (tertiary/aromatic N) is 7. The van der Waals surface area contributed by atoms with Crippen molar-refractivity contribution in [2.24, 2.45) is 35.5 Å². The molecule has 82 heavy (non-hydrogen) atoms. The normalized spacial score (nSPS) is 26.5. The lowest BCUT2D eigenvalue weighted by Crippen LogP contribution is -2.62. The number of nitrogens with one attached hydrogen (secondary N) is 4. The Bertz CT molecular complexity index is 2240. The van der Waals surface area contributed by atoms with Gasteiger partial charge in [-0.2, -0.15) is 0 Å². The van der Waals surface area contributed by atoms with Gasteiger partial charge in [0.25, 0.3) is 0 Å². The van der Waals surface area contributed by atoms with Crippen LogP contribution >= 0.6 is 0 Å². The molecule has 11 amide bonds. The molecule has 0 aromatic rings. The summed E-state index contributed by atoms with van der Waals surface area (Å²) in [5.41, 5.74) is 0. The quantitative estimate of drug-likeness (QED) is 0.157. The summed E-state index contributed by atoms with van der Waals surface area (Å²) >= 11 is 0. The number of allylic oxidation sites excluding steroid dienone is 2. The maximum Gasteiger partial charge on any atom is 0.246 e. The monoisotopic (exact) mass is 1160 g/mol. The van der Waals surface area contributed by atoms with Gasteiger partial charge in [0.15, 0.2) is 0 Å². The second kappa shape index (κ2) is 33.8. The molecule has 1 rings (SSSR count). The van der Waals surface area contributed by atoms with Gasteiger partial charge in [-0.15, -0.1) is 0 Å². The lowest BCUT2D eigenvalue weighted by Gasteiger charge is -2.41. The van der Waals surface area contributed by atoms with E-state index >= 15 is 0 Å². The highest BCUT2D eigenvalue weighted by atomic mass is 16.3. The van der Waals surface area contributed by atoms with Crippen LogP contribution in [0.4, 0.5) is 0 Å². The van der Waals surface area contributed by atoms with Gasteiger partial charge in [0.05, 0.1) is 19.2 Å². The summed E-state index contributed by atoms with van der Waals surface area (Å²) in [5.74, 6) is -9.57. The predicted octanol–water partition coefficient (Wildman–Crippen LogP) is 2.24. The van der Waals surface area contributed by atoms with Crippen molar-refractivity contribution in [3.8, 4) is 0 Å². The Morgan fingerprint density at radius 3 is 1.44 bits per heavy atom. The van der Waals surface area contributed by atoms with E-state index in [0.29, 0.717) is 12.8 Å². The van der Waals surface area contributed by atoms with Crippen molar-refractivity contribution in [2.45, 2.75) is 203 Å². The number of hydrogen-bond acceptors (Lipinski definition) is 12. The SMILES string of the molecule is C/C=C/CC(C)C(O)C1C(=O)NCC(=O)N(C)CC(=O)N(C)C(CC(C)C)C(=O)NC(C(C)C)C(=O)N(C)C(CC(C)C)C(=O)NC(C)C(=O)NC(C)C(=O)N(C)C(CCC)C(=O)N(C)C(CC(C)C)C(=O)N(C)C(C(C)C)C(=O)N1C. The summed E-state index contributed by atoms with van der Waals surface area (Å²) in [4.78, 5) is 166. The first kappa shape index (κ1) is 73.9. The summed E-state index contributed by atoms with van der Waals surface area (Å²) in [6, 6.07) is -11.0. The van der Waals surface area contributed by atoms with Gasteiger partial charge < -0.3 is 60.7 Å². The zero-order valence-electron chi connectivity index (χ0n) is 53.6. The van der Waals surface area contributed by atoms with Crippen molar-refractivity contribution in [2.75, 3.05) is 62.4 Å². The maximum absolute atomic E-state index is 15.0. The predicted molar refractivity (Wildman–Crippen MR) is 315 cm³/mol. The number of carbonyl (C=O) groups excluding carboxylic acids is 11. The molecule has 23 nitrogen and oxygen atoms in total. The third kappa shape index (κ3) is 20.6. The van der Waals surface area contributed by atoms with Crippen molar-refractivity contribution < 1.29 is 57.8 Å². The molecule has 0 bridgehead atoms. The second-order valence-corrected chi connectivity index (χ2v) is 24.6. The molecule has 23 heteroatoms. The van der Waals surface area contributed by atoms with Gasteiger partial charge in [-0.25, -0.2) is 0 Å². The maximum atomic E-state index is 15.0. The smallest absolute Gasteiger partial charge is 0.246 e. The van der Waals surface area contributed by atoms with E-state index in [1.54, 1.807) is 53.7 Å². The molecule has 11 unspecified atom stereocenters. The number of likely N-dealkylation sites (N-methyl/N-ethyl adjacent to an activating group) is 7. The highest BCUT2D eigenvalue weighted by Gasteiger charge is 2.45. The molecule has 1 aliphatic rings. The first-order valence-corrected chi connectivity index (χ1v) is 29.2. The van der Waals surface area contributed by atoms with Gasteiger partial charge in [0, 0.05) is 49.3 Å². The van der Waals surface area contributed by atoms with Crippen LogP contribution in [-0.4, -0.2) is 227 Å². The summed E-state index contributed by atoms with van der Waals surface area (Å²) < 4.78 is 0. The molecule has 0 aromatic heterocycles. The lowest BCUT2D eigenvalue weighted by molar-refractivity contribution is -0.157. The van der Waals surface area contributed by atoms with E-state index in [4.69, 9.17) is 0 Å². The molecule has 468 valence electrons. The molecular weight excluding hydrogens is 1050 g/mol. The summed E-state index contributed by atoms with van der Waals surface area (Å²) in [5, 5.41) is 22.7. The number of amides is 11. The zero-order chi connectivity index (χ0) is 63.5. The Labute approximate surface area is 489 Å². The standard InChI is InChI=1S/C59H105N11O12/c1-23-25-27-38(13)50(73)49-54(77)60-31-45(71)64(16)32-46(72)65(17)42(28-33(3)4)53(76)63-47(36(9)10)58(81)67(19)43(29-34(5)6)52(75)61-39(14)51(74)62-40(15)55(78)66(18)41(26-24-2)56(79)68(20)44(30-35(7)8)57(80)69(21)48(37(11)12)59(82)70(49)22/h23,25,33-44,47-50,73H,24,26-32H2,1-22H3,(H,60,77)(H,61,75)(H,62,74)(H,63,76)/b25-23+. The van der Waals surface area contributed by atoms with Gasteiger partial charge in [-0.1, -0.05) is 102 Å². The average Bonchev–Trinajstić information content (AvgIpc) is 3.60. The molecule has 11 atom stereocenters. The van der Waals surface area contributed by atoms with Gasteiger partial charge in [0.1, 0.15) is 54.4 Å². The largest absolute Gasteiger partial charge is 0.390 e. The van der Waals surface area contributed by atoms with Crippen LogP contribution in [0, 0.1) is 35.5 Å². The number of carbonyl (C=O) groups is 11. The van der Waals surface area contributed by atoms with E-state index in [2.05, 4.69) is 21.3 Å². The van der Waals surface area contributed by atoms with Gasteiger partial charge in [0.2, 0.25) is 65.0 Å². The van der Waals surface area contributed by atoms with E-state index in [9.17, 15) is 57.8 Å². The minimum absolute atomic E-state index is 0.125. The van der Waals surface area contributed by atoms with Crippen LogP contribution in [-0.2, 0) is 52.7 Å². The number of aliphatic hydroxyl groups excluding tert-OH is 1. The molecule has 0 aromatic carbocycles. The van der Waals surface area contributed by atoms with Gasteiger partial charge >= 0.3 is 0 Å². The van der Waals surface area contributed by atoms with Crippen LogP contribution in [0.25, 0.3) is 0 Å². The van der Waals surface area contributed by atoms with Crippen LogP contribution in [0.3, 0.4) is 0 Å². The van der Waals surface area contributed by atoms with Crippen molar-refractivity contribution in [3.63, 3.8) is 0 Å². The minimum atomic E-state index is -1.59. The Morgan fingerprint density at radius 1 is 0.500 bits per heavy atom. The molecular formula is C59H105N11O12. The van der Waals surface area contributed by atoms with Crippen LogP contribution in [0.1, 0.15) is 142 Å². The Balaban J connectivity index is 4.19. The molecule has 0 aliphatic carbocycles. The molecule has 1 saturated heterocycles. The fourth-order valence-corrected chi connectivity index (χ4v) is 10.1. The van der Waals surface area contributed by atoms with Crippen molar-refractivity contribution in [1.29, 1.82) is 0 Å². The third-order valence-corrected chi connectivity index (χ3v) is 15.4. The molecule has 0 saturated carbocycles. The number of rotatable bonds is 14. The van der Waals surface area contributed by atoms with E-state index in [1.807, 2.05) is 48.5 Å². The molecule has 5 N–H and O–H groups in total. The fourth-order valence-electron chi connectivity index (χ4n) is 10.1. The molecule has 1 aliphatic heterocycles. The third-order valence-electron chi connectivity index (χ3n) is 15.4. The average molecular weight is 1160 g/mol. The van der Waals surface area contributed by atoms with E-state index < -0.39 is 156 Å². The topological polar surface area (TPSA) is 279 Å². The Morgan fingerprint density at radius 2 is 0.951 bits per heavy atom. The van der Waals surface area contributed by atoms with Gasteiger partial charge in [-0.05, 0) is 88.4 Å². The molecule has 1 fully saturated rings. The van der Waals surface area contributed by atoms with Crippen LogP contribution < -0.4 is 21.3 Å². The molecule has 1 heterocycles. The summed E-state index contributed by atoms with van der Waals surface area (Å²) in [7, 11) is 9.83. The molecule has 0 radical (unpaired) electrons. The first-order valence-electron chi connectivity index (χ1n) is 29.2. The van der Waals surface area contributed by atoms with Gasteiger partial charge in [-0.3, -0.25) is 52.7 Å². The zero-order valence-corrected chi connectivity index (χ0v) is 53.6. The van der Waals surface area contributed by atoms with Crippen molar-refractivity contribution in [1.82, 2.24) is 55.6 Å². The highest BCUT2D eigenvalue weighted by Crippen LogP contribution is 2.25. The molecule has 0 spiro atoms. The summed E-state index contributed by atoms with van der Waals surface area (Å²) in [6.07, 6.45) is 3.49. The highest BCUT2D eigenvalue weighted by molar-refractivity contribution is 5.99. The van der Waals surface area contributed by atoms with Crippen molar-refractivity contribution in [3.05, 3.63) is 12.2 Å². The number of aliphatic hydroxyl groups is 1. The fraction of sp³-hybridized carbons (Fsp3) is 0.780. The van der Waals surface area contributed by atoms with E-state index in [0.717, 1.165) is 9.80 Å². The van der Waals surface area contributed by atoms with Crippen LogP contribution in [0.2, 0.25) is 0 Å². The van der Waals surface area contributed by atoms with E-state index in [1.165, 1.54) is 87.7 Å². The Hall–Kier alpha value is -6.13. The van der Waals surface area contributed by atoms with Crippen LogP contribution in [0.15, 0.2) is 12.2 Å².